The number of para-hydroxylation sites is 1. The zero-order valence-electron chi connectivity index (χ0n) is 12.8. The van der Waals surface area contributed by atoms with Gasteiger partial charge in [-0.15, -0.1) is 0 Å². The van der Waals surface area contributed by atoms with Crippen molar-refractivity contribution in [3.05, 3.63) is 89.5 Å². The number of fused-ring (bicyclic) bond motifs is 1. The average Bonchev–Trinajstić information content (AvgIpc) is 2.64. The molecule has 4 rings (SSSR count). The third-order valence-corrected chi connectivity index (χ3v) is 4.30. The topological polar surface area (TPSA) is 29.0 Å². The van der Waals surface area contributed by atoms with E-state index in [0.29, 0.717) is 0 Å². The maximum atomic E-state index is 4.82. The Morgan fingerprint density at radius 3 is 2.29 bits per heavy atom. The van der Waals surface area contributed by atoms with Crippen LogP contribution in [0.25, 0.3) is 10.9 Å². The summed E-state index contributed by atoms with van der Waals surface area (Å²) in [5.41, 5.74) is 1.98. The summed E-state index contributed by atoms with van der Waals surface area (Å²) in [4.78, 5) is 11.4. The highest BCUT2D eigenvalue weighted by Gasteiger charge is 2.14. The largest absolute Gasteiger partial charge is 0.279 e. The Morgan fingerprint density at radius 2 is 1.50 bits per heavy atom. The molecule has 0 N–H and O–H groups in total. The molecule has 4 heteroatoms. The molecule has 0 unspecified atom stereocenters. The van der Waals surface area contributed by atoms with E-state index < -0.39 is 0 Å². The van der Waals surface area contributed by atoms with E-state index in [2.05, 4.69) is 50.1 Å². The molecule has 0 bridgehead atoms. The Labute approximate surface area is 148 Å². The lowest BCUT2D eigenvalue weighted by atomic mass is 10.2. The molecule has 0 saturated carbocycles. The molecule has 0 amide bonds. The van der Waals surface area contributed by atoms with E-state index >= 15 is 0 Å². The molecule has 116 valence electrons. The summed E-state index contributed by atoms with van der Waals surface area (Å²) in [6.07, 6.45) is 1.79. The van der Waals surface area contributed by atoms with Gasteiger partial charge >= 0.3 is 0 Å². The fraction of sp³-hybridized carbons (Fsp3) is 0. The highest BCUT2D eigenvalue weighted by molar-refractivity contribution is 9.10. The third-order valence-electron chi connectivity index (χ3n) is 3.78. The van der Waals surface area contributed by atoms with Crippen molar-refractivity contribution in [3.8, 4) is 0 Å². The van der Waals surface area contributed by atoms with E-state index in [0.717, 1.165) is 32.7 Å². The van der Waals surface area contributed by atoms with Gasteiger partial charge in [0, 0.05) is 21.7 Å². The van der Waals surface area contributed by atoms with Crippen LogP contribution in [0.5, 0.6) is 0 Å². The Hall–Kier alpha value is -2.72. The van der Waals surface area contributed by atoms with Crippen LogP contribution >= 0.6 is 15.9 Å². The summed E-state index contributed by atoms with van der Waals surface area (Å²) >= 11 is 3.49. The number of nitrogens with zero attached hydrogens (tertiary/aromatic N) is 3. The number of rotatable bonds is 3. The summed E-state index contributed by atoms with van der Waals surface area (Å²) in [6.45, 7) is 0. The van der Waals surface area contributed by atoms with Crippen molar-refractivity contribution in [1.82, 2.24) is 9.97 Å². The second-order valence-electron chi connectivity index (χ2n) is 5.36. The van der Waals surface area contributed by atoms with E-state index in [9.17, 15) is 0 Å². The predicted octanol–water partition coefficient (Wildman–Crippen LogP) is 5.86. The first-order chi connectivity index (χ1) is 11.8. The van der Waals surface area contributed by atoms with Crippen LogP contribution in [-0.4, -0.2) is 9.97 Å². The molecule has 0 radical (unpaired) electrons. The fourth-order valence-corrected chi connectivity index (χ4v) is 2.90. The van der Waals surface area contributed by atoms with E-state index in [-0.39, 0.29) is 0 Å². The van der Waals surface area contributed by atoms with E-state index in [4.69, 9.17) is 4.98 Å². The molecule has 0 aliphatic heterocycles. The number of hydrogen-bond acceptors (Lipinski definition) is 3. The van der Waals surface area contributed by atoms with Gasteiger partial charge in [0.15, 0.2) is 0 Å². The molecule has 0 aliphatic carbocycles. The van der Waals surface area contributed by atoms with Crippen LogP contribution in [0.2, 0.25) is 0 Å². The van der Waals surface area contributed by atoms with Crippen molar-refractivity contribution >= 4 is 44.2 Å². The second-order valence-corrected chi connectivity index (χ2v) is 6.28. The highest BCUT2D eigenvalue weighted by atomic mass is 79.9. The number of halogens is 1. The molecule has 2 aromatic heterocycles. The minimum absolute atomic E-state index is 0.836. The Bertz CT molecular complexity index is 969. The van der Waals surface area contributed by atoms with Crippen LogP contribution in [0.3, 0.4) is 0 Å². The summed E-state index contributed by atoms with van der Waals surface area (Å²) in [6, 6.07) is 26.3. The molecule has 0 fully saturated rings. The van der Waals surface area contributed by atoms with Crippen LogP contribution in [0.4, 0.5) is 17.3 Å². The number of anilines is 3. The van der Waals surface area contributed by atoms with Crippen LogP contribution in [0.15, 0.2) is 89.5 Å². The molecule has 2 aromatic carbocycles. The van der Waals surface area contributed by atoms with Crippen LogP contribution < -0.4 is 4.90 Å². The van der Waals surface area contributed by atoms with Crippen molar-refractivity contribution in [3.63, 3.8) is 0 Å². The molecular weight excluding hydrogens is 362 g/mol. The predicted molar refractivity (Wildman–Crippen MR) is 102 cm³/mol. The van der Waals surface area contributed by atoms with Crippen LogP contribution in [0, 0.1) is 0 Å². The lowest BCUT2D eigenvalue weighted by Crippen LogP contribution is -2.12. The van der Waals surface area contributed by atoms with Gasteiger partial charge in [0.25, 0.3) is 0 Å². The maximum absolute atomic E-state index is 4.82. The molecule has 0 spiro atoms. The Balaban J connectivity index is 1.89. The Kier molecular flexibility index (Phi) is 3.97. The first kappa shape index (κ1) is 14.8. The first-order valence-corrected chi connectivity index (χ1v) is 8.43. The van der Waals surface area contributed by atoms with Crippen molar-refractivity contribution < 1.29 is 0 Å². The lowest BCUT2D eigenvalue weighted by Gasteiger charge is -2.23. The smallest absolute Gasteiger partial charge is 0.139 e. The van der Waals surface area contributed by atoms with Crippen LogP contribution in [-0.2, 0) is 0 Å². The first-order valence-electron chi connectivity index (χ1n) is 7.64. The summed E-state index contributed by atoms with van der Waals surface area (Å²) in [7, 11) is 0. The van der Waals surface area contributed by atoms with E-state index in [1.807, 2.05) is 54.6 Å². The number of benzene rings is 2. The standard InChI is InChI=1S/C20H14BrN3/c21-16-9-11-17(12-10-16)24(19-7-3-4-14-22-19)20-13-8-15-5-1-2-6-18(15)23-20/h1-14H. The van der Waals surface area contributed by atoms with Gasteiger partial charge < -0.3 is 0 Å². The average molecular weight is 376 g/mol. The zero-order chi connectivity index (χ0) is 16.4. The van der Waals surface area contributed by atoms with E-state index in [1.165, 1.54) is 0 Å². The van der Waals surface area contributed by atoms with Gasteiger partial charge in [-0.2, -0.15) is 0 Å². The highest BCUT2D eigenvalue weighted by Crippen LogP contribution is 2.33. The molecular formula is C20H14BrN3. The second kappa shape index (κ2) is 6.42. The van der Waals surface area contributed by atoms with Gasteiger partial charge in [-0.1, -0.05) is 40.2 Å². The quantitative estimate of drug-likeness (QED) is 0.448. The summed E-state index contributed by atoms with van der Waals surface area (Å²) in [5, 5.41) is 1.12. The normalized spacial score (nSPS) is 10.7. The SMILES string of the molecule is Brc1ccc(N(c2ccccn2)c2ccc3ccccc3n2)cc1. The number of aromatic nitrogens is 2. The number of pyridine rings is 2. The lowest BCUT2D eigenvalue weighted by molar-refractivity contribution is 1.14. The molecule has 24 heavy (non-hydrogen) atoms. The summed E-state index contributed by atoms with van der Waals surface area (Å²) < 4.78 is 1.04. The summed E-state index contributed by atoms with van der Waals surface area (Å²) in [5.74, 6) is 1.68. The molecule has 0 atom stereocenters. The van der Waals surface area contributed by atoms with Gasteiger partial charge in [0.1, 0.15) is 11.6 Å². The molecule has 2 heterocycles. The monoisotopic (exact) mass is 375 g/mol. The minimum atomic E-state index is 0.836. The Morgan fingerprint density at radius 1 is 0.708 bits per heavy atom. The third kappa shape index (κ3) is 2.88. The molecule has 4 aromatic rings. The molecule has 0 aliphatic rings. The van der Waals surface area contributed by atoms with Crippen molar-refractivity contribution in [2.45, 2.75) is 0 Å². The fourth-order valence-electron chi connectivity index (χ4n) is 2.64. The van der Waals surface area contributed by atoms with Crippen molar-refractivity contribution in [2.24, 2.45) is 0 Å². The molecule has 0 saturated heterocycles. The number of hydrogen-bond donors (Lipinski definition) is 0. The van der Waals surface area contributed by atoms with Crippen molar-refractivity contribution in [2.75, 3.05) is 4.90 Å². The van der Waals surface area contributed by atoms with Crippen molar-refractivity contribution in [1.29, 1.82) is 0 Å². The van der Waals surface area contributed by atoms with Gasteiger partial charge in [-0.05, 0) is 54.6 Å². The van der Waals surface area contributed by atoms with Crippen LogP contribution in [0.1, 0.15) is 0 Å². The minimum Gasteiger partial charge on any atom is -0.279 e. The van der Waals surface area contributed by atoms with Gasteiger partial charge in [0.05, 0.1) is 5.52 Å². The zero-order valence-corrected chi connectivity index (χ0v) is 14.4. The van der Waals surface area contributed by atoms with Gasteiger partial charge in [-0.25, -0.2) is 9.97 Å². The van der Waals surface area contributed by atoms with Gasteiger partial charge in [-0.3, -0.25) is 4.90 Å². The molecule has 3 nitrogen and oxygen atoms in total. The van der Waals surface area contributed by atoms with E-state index in [1.54, 1.807) is 6.20 Å². The van der Waals surface area contributed by atoms with Gasteiger partial charge in [0.2, 0.25) is 0 Å². The maximum Gasteiger partial charge on any atom is 0.139 e.